The summed E-state index contributed by atoms with van der Waals surface area (Å²) in [5, 5.41) is 20.4. The Balaban J connectivity index is 1.52. The molecule has 1 saturated heterocycles. The third-order valence-electron chi connectivity index (χ3n) is 5.71. The molecule has 6 nitrogen and oxygen atoms in total. The van der Waals surface area contributed by atoms with Crippen LogP contribution >= 0.6 is 0 Å². The van der Waals surface area contributed by atoms with Crippen LogP contribution in [0.3, 0.4) is 0 Å². The predicted molar refractivity (Wildman–Crippen MR) is 112 cm³/mol. The van der Waals surface area contributed by atoms with E-state index in [0.717, 1.165) is 5.56 Å². The van der Waals surface area contributed by atoms with Crippen LogP contribution in [0.25, 0.3) is 11.3 Å². The number of hydrogen-bond acceptors (Lipinski definition) is 5. The van der Waals surface area contributed by atoms with Gasteiger partial charge in [-0.15, -0.1) is 0 Å². The number of nitrogens with zero attached hydrogens (tertiary/aromatic N) is 4. The van der Waals surface area contributed by atoms with Crippen molar-refractivity contribution in [3.63, 3.8) is 0 Å². The Kier molecular flexibility index (Phi) is 5.74. The fraction of sp³-hybridized carbons (Fsp3) is 0.250. The zero-order valence-electron chi connectivity index (χ0n) is 16.8. The number of nitriles is 1. The molecule has 1 aromatic heterocycles. The zero-order valence-corrected chi connectivity index (χ0v) is 16.8. The maximum absolute atomic E-state index is 14.0. The zero-order chi connectivity index (χ0) is 21.8. The smallest absolute Gasteiger partial charge is 0.254 e. The summed E-state index contributed by atoms with van der Waals surface area (Å²) in [5.41, 5.74) is 1.66. The Morgan fingerprint density at radius 2 is 1.97 bits per heavy atom. The lowest BCUT2D eigenvalue weighted by molar-refractivity contribution is -0.0162. The number of carbonyl (C=O) groups excluding carboxylic acids is 1. The summed E-state index contributed by atoms with van der Waals surface area (Å²) >= 11 is 0. The van der Waals surface area contributed by atoms with E-state index in [9.17, 15) is 19.6 Å². The summed E-state index contributed by atoms with van der Waals surface area (Å²) < 4.78 is 14.0. The number of likely N-dealkylation sites (tertiary alicyclic amines) is 1. The lowest BCUT2D eigenvalue weighted by Gasteiger charge is -2.38. The van der Waals surface area contributed by atoms with Gasteiger partial charge in [-0.25, -0.2) is 14.4 Å². The van der Waals surface area contributed by atoms with E-state index in [0.29, 0.717) is 49.2 Å². The highest BCUT2D eigenvalue weighted by molar-refractivity contribution is 6.00. The third-order valence-corrected chi connectivity index (χ3v) is 5.71. The molecule has 0 bridgehead atoms. The Morgan fingerprint density at radius 3 is 2.68 bits per heavy atom. The van der Waals surface area contributed by atoms with Crippen LogP contribution in [-0.2, 0) is 6.42 Å². The van der Waals surface area contributed by atoms with Crippen molar-refractivity contribution in [3.05, 3.63) is 83.6 Å². The van der Waals surface area contributed by atoms with Crippen LogP contribution in [0.2, 0.25) is 0 Å². The molecule has 7 heteroatoms. The van der Waals surface area contributed by atoms with Crippen LogP contribution < -0.4 is 0 Å². The first-order valence-electron chi connectivity index (χ1n) is 10.0. The number of rotatable bonds is 4. The first-order valence-corrected chi connectivity index (χ1v) is 10.0. The summed E-state index contributed by atoms with van der Waals surface area (Å²) in [7, 11) is 0. The second-order valence-corrected chi connectivity index (χ2v) is 7.75. The number of aliphatic hydroxyl groups is 1. The molecule has 0 saturated carbocycles. The van der Waals surface area contributed by atoms with Crippen LogP contribution in [0, 0.1) is 17.1 Å². The van der Waals surface area contributed by atoms with E-state index < -0.39 is 11.4 Å². The Morgan fingerprint density at radius 1 is 1.19 bits per heavy atom. The number of aromatic nitrogens is 2. The van der Waals surface area contributed by atoms with Crippen molar-refractivity contribution in [2.45, 2.75) is 24.9 Å². The van der Waals surface area contributed by atoms with Crippen molar-refractivity contribution in [1.29, 1.82) is 5.26 Å². The summed E-state index contributed by atoms with van der Waals surface area (Å²) in [6.45, 7) is 0.674. The van der Waals surface area contributed by atoms with Crippen LogP contribution in [0.5, 0.6) is 0 Å². The maximum Gasteiger partial charge on any atom is 0.254 e. The van der Waals surface area contributed by atoms with Crippen molar-refractivity contribution in [2.75, 3.05) is 13.1 Å². The van der Waals surface area contributed by atoms with Crippen molar-refractivity contribution in [1.82, 2.24) is 14.9 Å². The van der Waals surface area contributed by atoms with E-state index in [4.69, 9.17) is 0 Å². The molecule has 1 aliphatic rings. The molecule has 1 amide bonds. The van der Waals surface area contributed by atoms with E-state index in [-0.39, 0.29) is 11.5 Å². The number of amides is 1. The predicted octanol–water partition coefficient (Wildman–Crippen LogP) is 3.36. The molecular formula is C24H21FN4O2. The lowest BCUT2D eigenvalue weighted by Crippen LogP contribution is -2.48. The number of benzene rings is 2. The fourth-order valence-corrected chi connectivity index (χ4v) is 3.98. The summed E-state index contributed by atoms with van der Waals surface area (Å²) in [6, 6.07) is 15.1. The molecule has 2 heterocycles. The van der Waals surface area contributed by atoms with Crippen molar-refractivity contribution in [3.8, 4) is 17.3 Å². The Hall–Kier alpha value is -3.63. The van der Waals surface area contributed by atoms with Crippen LogP contribution in [0.4, 0.5) is 4.39 Å². The standard InChI is InChI=1S/C24H21FN4O2/c25-19-5-6-20(22-7-10-27-16-28-22)21(13-19)23(30)29-11-8-24(31,9-12-29)14-17-3-1-2-4-18(17)15-26/h1-7,10,13,16,31H,8-9,11-12,14H2. The minimum absolute atomic E-state index is 0.235. The van der Waals surface area contributed by atoms with Gasteiger partial charge in [0.05, 0.1) is 28.5 Å². The molecule has 2 aromatic carbocycles. The average molecular weight is 416 g/mol. The van der Waals surface area contributed by atoms with Gasteiger partial charge in [0.1, 0.15) is 12.1 Å². The summed E-state index contributed by atoms with van der Waals surface area (Å²) in [4.78, 5) is 22.9. The van der Waals surface area contributed by atoms with E-state index in [2.05, 4.69) is 16.0 Å². The van der Waals surface area contributed by atoms with Crippen molar-refractivity contribution < 1.29 is 14.3 Å². The van der Waals surface area contributed by atoms with Gasteiger partial charge >= 0.3 is 0 Å². The van der Waals surface area contributed by atoms with Gasteiger partial charge in [-0.2, -0.15) is 5.26 Å². The summed E-state index contributed by atoms with van der Waals surface area (Å²) in [6.07, 6.45) is 4.05. The van der Waals surface area contributed by atoms with Gasteiger partial charge in [0.15, 0.2) is 0 Å². The fourth-order valence-electron chi connectivity index (χ4n) is 3.98. The molecule has 0 atom stereocenters. The molecule has 0 unspecified atom stereocenters. The van der Waals surface area contributed by atoms with Gasteiger partial charge in [0.25, 0.3) is 5.91 Å². The van der Waals surface area contributed by atoms with Crippen molar-refractivity contribution >= 4 is 5.91 Å². The highest BCUT2D eigenvalue weighted by Gasteiger charge is 2.35. The third kappa shape index (κ3) is 4.44. The van der Waals surface area contributed by atoms with Crippen LogP contribution in [0.1, 0.15) is 34.3 Å². The SMILES string of the molecule is N#Cc1ccccc1CC1(O)CCN(C(=O)c2cc(F)ccc2-c2ccncn2)CC1. The molecule has 0 spiro atoms. The minimum atomic E-state index is -0.999. The molecule has 31 heavy (non-hydrogen) atoms. The van der Waals surface area contributed by atoms with Gasteiger partial charge < -0.3 is 10.0 Å². The monoisotopic (exact) mass is 416 g/mol. The number of piperidine rings is 1. The van der Waals surface area contributed by atoms with Crippen LogP contribution in [0.15, 0.2) is 61.1 Å². The molecule has 0 radical (unpaired) electrons. The average Bonchev–Trinajstić information content (AvgIpc) is 2.80. The number of carbonyl (C=O) groups is 1. The number of hydrogen-bond donors (Lipinski definition) is 1. The van der Waals surface area contributed by atoms with E-state index in [1.807, 2.05) is 12.1 Å². The molecule has 1 fully saturated rings. The molecule has 0 aliphatic carbocycles. The highest BCUT2D eigenvalue weighted by atomic mass is 19.1. The van der Waals surface area contributed by atoms with Gasteiger partial charge in [-0.1, -0.05) is 18.2 Å². The van der Waals surface area contributed by atoms with E-state index in [1.54, 1.807) is 35.4 Å². The van der Waals surface area contributed by atoms with Crippen molar-refractivity contribution in [2.24, 2.45) is 0 Å². The second-order valence-electron chi connectivity index (χ2n) is 7.75. The quantitative estimate of drug-likeness (QED) is 0.704. The highest BCUT2D eigenvalue weighted by Crippen LogP contribution is 2.30. The second kappa shape index (κ2) is 8.62. The van der Waals surface area contributed by atoms with E-state index in [1.165, 1.54) is 18.5 Å². The molecule has 1 aliphatic heterocycles. The maximum atomic E-state index is 14.0. The molecule has 4 rings (SSSR count). The minimum Gasteiger partial charge on any atom is -0.389 e. The molecule has 3 aromatic rings. The Bertz CT molecular complexity index is 1140. The van der Waals surface area contributed by atoms with E-state index >= 15 is 0 Å². The largest absolute Gasteiger partial charge is 0.389 e. The van der Waals surface area contributed by atoms with Crippen LogP contribution in [-0.4, -0.2) is 44.6 Å². The molecular weight excluding hydrogens is 395 g/mol. The topological polar surface area (TPSA) is 90.1 Å². The Labute approximate surface area is 179 Å². The summed E-state index contributed by atoms with van der Waals surface area (Å²) in [5.74, 6) is -0.796. The lowest BCUT2D eigenvalue weighted by atomic mass is 9.84. The molecule has 1 N–H and O–H groups in total. The first-order chi connectivity index (χ1) is 15.0. The van der Waals surface area contributed by atoms with Gasteiger partial charge in [0.2, 0.25) is 0 Å². The van der Waals surface area contributed by atoms with Gasteiger partial charge in [-0.3, -0.25) is 4.79 Å². The molecule has 156 valence electrons. The van der Waals surface area contributed by atoms with Gasteiger partial charge in [-0.05, 0) is 48.7 Å². The number of halogens is 1. The normalized spacial score (nSPS) is 15.3. The first kappa shape index (κ1) is 20.6. The van der Waals surface area contributed by atoms with Gasteiger partial charge in [0, 0.05) is 31.3 Å².